The van der Waals surface area contributed by atoms with Crippen LogP contribution >= 0.6 is 11.6 Å². The van der Waals surface area contributed by atoms with Gasteiger partial charge in [-0.05, 0) is 24.6 Å². The maximum atomic E-state index is 12.0. The van der Waals surface area contributed by atoms with Crippen LogP contribution in [0.4, 0.5) is 4.39 Å². The first kappa shape index (κ1) is 9.42. The van der Waals surface area contributed by atoms with Gasteiger partial charge in [0.25, 0.3) is 0 Å². The summed E-state index contributed by atoms with van der Waals surface area (Å²) < 4.78 is 12.0. The number of halogens is 2. The highest BCUT2D eigenvalue weighted by atomic mass is 35.5. The molecule has 1 N–H and O–H groups in total. The lowest BCUT2D eigenvalue weighted by Gasteiger charge is -2.06. The van der Waals surface area contributed by atoms with Gasteiger partial charge in [-0.25, -0.2) is 9.37 Å². The number of nitrogens with zero attached hydrogens (tertiary/aromatic N) is 1. The lowest BCUT2D eigenvalue weighted by atomic mass is 10.1. The summed E-state index contributed by atoms with van der Waals surface area (Å²) in [4.78, 5) is 3.88. The van der Waals surface area contributed by atoms with Crippen molar-refractivity contribution in [1.82, 2.24) is 4.98 Å². The largest absolute Gasteiger partial charge is 0.386 e. The van der Waals surface area contributed by atoms with E-state index in [9.17, 15) is 4.39 Å². The monoisotopic (exact) mass is 189 g/mol. The Morgan fingerprint density at radius 2 is 2.33 bits per heavy atom. The van der Waals surface area contributed by atoms with Gasteiger partial charge in [0.05, 0.1) is 0 Å². The van der Waals surface area contributed by atoms with Crippen LogP contribution in [-0.2, 0) is 0 Å². The number of aromatic nitrogens is 1. The number of alkyl halides is 1. The third kappa shape index (κ3) is 2.16. The van der Waals surface area contributed by atoms with Gasteiger partial charge >= 0.3 is 0 Å². The minimum absolute atomic E-state index is 0.275. The van der Waals surface area contributed by atoms with Crippen molar-refractivity contribution in [3.63, 3.8) is 0 Å². The molecule has 0 bridgehead atoms. The maximum absolute atomic E-state index is 12.0. The predicted molar refractivity (Wildman–Crippen MR) is 44.9 cm³/mol. The van der Waals surface area contributed by atoms with Crippen LogP contribution in [0.15, 0.2) is 12.1 Å². The zero-order valence-electron chi connectivity index (χ0n) is 6.59. The van der Waals surface area contributed by atoms with E-state index >= 15 is 0 Å². The molecule has 4 heteroatoms. The SMILES string of the molecule is Cc1cc(C(O)CF)cc(Cl)n1. The van der Waals surface area contributed by atoms with Gasteiger partial charge in [0.1, 0.15) is 17.9 Å². The molecule has 0 saturated heterocycles. The van der Waals surface area contributed by atoms with Crippen LogP contribution in [0.2, 0.25) is 5.15 Å². The molecule has 0 aliphatic rings. The quantitative estimate of drug-likeness (QED) is 0.723. The van der Waals surface area contributed by atoms with Gasteiger partial charge in [-0.2, -0.15) is 0 Å². The Morgan fingerprint density at radius 3 is 2.83 bits per heavy atom. The second-order valence-electron chi connectivity index (χ2n) is 2.53. The molecule has 0 amide bonds. The van der Waals surface area contributed by atoms with E-state index < -0.39 is 12.8 Å². The molecule has 0 saturated carbocycles. The van der Waals surface area contributed by atoms with Crippen LogP contribution < -0.4 is 0 Å². The summed E-state index contributed by atoms with van der Waals surface area (Å²) in [5, 5.41) is 9.39. The normalized spacial score (nSPS) is 13.0. The number of aryl methyl sites for hydroxylation is 1. The van der Waals surface area contributed by atoms with Crippen LogP contribution in [0, 0.1) is 6.92 Å². The zero-order chi connectivity index (χ0) is 9.14. The van der Waals surface area contributed by atoms with Crippen LogP contribution in [0.1, 0.15) is 17.4 Å². The van der Waals surface area contributed by atoms with E-state index in [1.165, 1.54) is 6.07 Å². The highest BCUT2D eigenvalue weighted by molar-refractivity contribution is 6.29. The average molecular weight is 190 g/mol. The van der Waals surface area contributed by atoms with E-state index in [0.717, 1.165) is 0 Å². The van der Waals surface area contributed by atoms with E-state index in [1.807, 2.05) is 0 Å². The van der Waals surface area contributed by atoms with Gasteiger partial charge in [0, 0.05) is 5.69 Å². The summed E-state index contributed by atoms with van der Waals surface area (Å²) in [7, 11) is 0. The summed E-state index contributed by atoms with van der Waals surface area (Å²) in [5.41, 5.74) is 1.14. The highest BCUT2D eigenvalue weighted by Gasteiger charge is 2.08. The number of aliphatic hydroxyl groups is 1. The molecule has 1 aromatic rings. The van der Waals surface area contributed by atoms with Gasteiger partial charge in [-0.1, -0.05) is 11.6 Å². The Bertz CT molecular complexity index is 260. The van der Waals surface area contributed by atoms with Crippen molar-refractivity contribution >= 4 is 11.6 Å². The highest BCUT2D eigenvalue weighted by Crippen LogP contribution is 2.17. The Morgan fingerprint density at radius 1 is 1.67 bits per heavy atom. The predicted octanol–water partition coefficient (Wildman–Crippen LogP) is 2.05. The lowest BCUT2D eigenvalue weighted by molar-refractivity contribution is 0.141. The molecule has 0 radical (unpaired) electrons. The van der Waals surface area contributed by atoms with Gasteiger partial charge in [-0.3, -0.25) is 0 Å². The number of hydrogen-bond donors (Lipinski definition) is 1. The fourth-order valence-corrected chi connectivity index (χ4v) is 1.19. The molecule has 1 heterocycles. The summed E-state index contributed by atoms with van der Waals surface area (Å²) in [5.74, 6) is 0. The molecule has 0 spiro atoms. The standard InChI is InChI=1S/C8H9ClFNO/c1-5-2-6(7(12)4-10)3-8(9)11-5/h2-3,7,12H,4H2,1H3. The first-order valence-corrected chi connectivity index (χ1v) is 3.89. The molecule has 12 heavy (non-hydrogen) atoms. The summed E-state index contributed by atoms with van der Waals surface area (Å²) in [6, 6.07) is 3.06. The fourth-order valence-electron chi connectivity index (χ4n) is 0.935. The van der Waals surface area contributed by atoms with E-state index in [0.29, 0.717) is 11.3 Å². The molecule has 0 aromatic carbocycles. The van der Waals surface area contributed by atoms with Crippen LogP contribution in [0.3, 0.4) is 0 Å². The molecule has 66 valence electrons. The van der Waals surface area contributed by atoms with Crippen LogP contribution in [-0.4, -0.2) is 16.8 Å². The second kappa shape index (κ2) is 3.83. The first-order chi connectivity index (χ1) is 5.63. The molecule has 0 fully saturated rings. The van der Waals surface area contributed by atoms with Gasteiger partial charge in [0.15, 0.2) is 0 Å². The van der Waals surface area contributed by atoms with Crippen molar-refractivity contribution < 1.29 is 9.50 Å². The summed E-state index contributed by atoms with van der Waals surface area (Å²) in [6.07, 6.45) is -1.09. The molecular weight excluding hydrogens is 181 g/mol. The third-order valence-corrected chi connectivity index (χ3v) is 1.67. The van der Waals surface area contributed by atoms with E-state index in [4.69, 9.17) is 16.7 Å². The van der Waals surface area contributed by atoms with Crippen molar-refractivity contribution in [2.45, 2.75) is 13.0 Å². The number of pyridine rings is 1. The zero-order valence-corrected chi connectivity index (χ0v) is 7.35. The van der Waals surface area contributed by atoms with Gasteiger partial charge in [-0.15, -0.1) is 0 Å². The van der Waals surface area contributed by atoms with E-state index in [1.54, 1.807) is 13.0 Å². The lowest BCUT2D eigenvalue weighted by Crippen LogP contribution is -2.00. The number of hydrogen-bond acceptors (Lipinski definition) is 2. The summed E-state index contributed by atoms with van der Waals surface area (Å²) in [6.45, 7) is 0.931. The van der Waals surface area contributed by atoms with Gasteiger partial charge < -0.3 is 5.11 Å². The number of aliphatic hydroxyl groups excluding tert-OH is 1. The average Bonchev–Trinajstić information content (AvgIpc) is 2.01. The van der Waals surface area contributed by atoms with Crippen molar-refractivity contribution in [2.24, 2.45) is 0 Å². The minimum Gasteiger partial charge on any atom is -0.386 e. The summed E-state index contributed by atoms with van der Waals surface area (Å²) >= 11 is 5.61. The molecule has 1 atom stereocenters. The van der Waals surface area contributed by atoms with E-state index in [-0.39, 0.29) is 5.15 Å². The molecular formula is C8H9ClFNO. The minimum atomic E-state index is -1.09. The molecule has 0 aliphatic heterocycles. The molecule has 1 aromatic heterocycles. The third-order valence-electron chi connectivity index (χ3n) is 1.48. The molecule has 0 aliphatic carbocycles. The maximum Gasteiger partial charge on any atom is 0.129 e. The molecule has 2 nitrogen and oxygen atoms in total. The van der Waals surface area contributed by atoms with Crippen LogP contribution in [0.5, 0.6) is 0 Å². The Hall–Kier alpha value is -0.670. The van der Waals surface area contributed by atoms with Crippen molar-refractivity contribution in [1.29, 1.82) is 0 Å². The van der Waals surface area contributed by atoms with Gasteiger partial charge in [0.2, 0.25) is 0 Å². The Kier molecular flexibility index (Phi) is 3.00. The second-order valence-corrected chi connectivity index (χ2v) is 2.92. The smallest absolute Gasteiger partial charge is 0.129 e. The van der Waals surface area contributed by atoms with E-state index in [2.05, 4.69) is 4.98 Å². The first-order valence-electron chi connectivity index (χ1n) is 3.51. The Labute approximate surface area is 75.0 Å². The van der Waals surface area contributed by atoms with Crippen molar-refractivity contribution in [3.05, 3.63) is 28.5 Å². The molecule has 1 unspecified atom stereocenters. The fraction of sp³-hybridized carbons (Fsp3) is 0.375. The van der Waals surface area contributed by atoms with Crippen LogP contribution in [0.25, 0.3) is 0 Å². The molecule has 1 rings (SSSR count). The van der Waals surface area contributed by atoms with Crippen molar-refractivity contribution in [2.75, 3.05) is 6.67 Å². The Balaban J connectivity index is 3.00. The van der Waals surface area contributed by atoms with Crippen molar-refractivity contribution in [3.8, 4) is 0 Å². The topological polar surface area (TPSA) is 33.1 Å². The number of rotatable bonds is 2.